The summed E-state index contributed by atoms with van der Waals surface area (Å²) in [6.45, 7) is 0. The van der Waals surface area contributed by atoms with Gasteiger partial charge < -0.3 is 9.13 Å². The lowest BCUT2D eigenvalue weighted by atomic mass is 10.0. The summed E-state index contributed by atoms with van der Waals surface area (Å²) in [5, 5.41) is 5.87. The lowest BCUT2D eigenvalue weighted by molar-refractivity contribution is 0.995. The van der Waals surface area contributed by atoms with Crippen molar-refractivity contribution >= 4 is 65.5 Å². The molecule has 0 saturated carbocycles. The molecule has 0 bridgehead atoms. The monoisotopic (exact) mass is 880 g/mol. The third kappa shape index (κ3) is 6.30. The molecule has 0 unspecified atom stereocenters. The van der Waals surface area contributed by atoms with Gasteiger partial charge in [-0.1, -0.05) is 146 Å². The van der Waals surface area contributed by atoms with Crippen LogP contribution in [-0.4, -0.2) is 28.7 Å². The molecule has 0 aliphatic carbocycles. The molecule has 9 aromatic carbocycles. The van der Waals surface area contributed by atoms with E-state index in [0.29, 0.717) is 5.95 Å². The summed E-state index contributed by atoms with van der Waals surface area (Å²) in [6.07, 6.45) is 1.88. The first-order valence-electron chi connectivity index (χ1n) is 23.3. The molecule has 69 heavy (non-hydrogen) atoms. The second-order valence-electron chi connectivity index (χ2n) is 17.7. The van der Waals surface area contributed by atoms with Crippen LogP contribution in [0.15, 0.2) is 243 Å². The number of nitrogens with zero attached hydrogens (tertiary/aromatic N) is 6. The Balaban J connectivity index is 0.855. The van der Waals surface area contributed by atoms with Gasteiger partial charge in [0.05, 0.1) is 50.0 Å². The Morgan fingerprint density at radius 1 is 0.261 bits per heavy atom. The highest BCUT2D eigenvalue weighted by atomic mass is 15.2. The second kappa shape index (κ2) is 15.6. The molecule has 0 saturated heterocycles. The predicted molar refractivity (Wildman–Crippen MR) is 285 cm³/mol. The van der Waals surface area contributed by atoms with Crippen molar-refractivity contribution in [3.8, 4) is 62.1 Å². The molecule has 322 valence electrons. The minimum absolute atomic E-state index is 0.641. The van der Waals surface area contributed by atoms with Gasteiger partial charge in [-0.15, -0.1) is 0 Å². The van der Waals surface area contributed by atoms with Crippen LogP contribution in [0.5, 0.6) is 0 Å². The van der Waals surface area contributed by atoms with Crippen LogP contribution >= 0.6 is 0 Å². The van der Waals surface area contributed by atoms with E-state index in [1.54, 1.807) is 0 Å². The van der Waals surface area contributed by atoms with Crippen LogP contribution in [0.4, 0.5) is 0 Å². The Morgan fingerprint density at radius 3 is 1.29 bits per heavy atom. The first kappa shape index (κ1) is 38.8. The quantitative estimate of drug-likeness (QED) is 0.160. The lowest BCUT2D eigenvalue weighted by Crippen LogP contribution is -2.03. The molecular weight excluding hydrogens is 841 g/mol. The number of hydrogen-bond acceptors (Lipinski definition) is 3. The summed E-state index contributed by atoms with van der Waals surface area (Å²) < 4.78 is 6.91. The predicted octanol–water partition coefficient (Wildman–Crippen LogP) is 15.8. The van der Waals surface area contributed by atoms with Crippen LogP contribution in [0.1, 0.15) is 0 Å². The Kier molecular flexibility index (Phi) is 8.79. The number of aromatic nitrogens is 6. The van der Waals surface area contributed by atoms with E-state index in [1.165, 1.54) is 16.3 Å². The standard InChI is InChI=1S/C63H40N6/c1-4-15-42(16-5-1)54-40-55(43-17-6-2-7-18-43)66-63(65-54)69-57-24-13-11-22-50(57)52-38-46(30-34-59(52)69)45-29-33-58-51(37-45)49-21-10-12-23-56(49)67(58)48-31-26-41(27-32-48)44-28-35-60-53(39-44)62-61(25-14-36-64-62)68(60)47-19-8-3-9-20-47/h1-40H. The number of pyridine rings is 1. The van der Waals surface area contributed by atoms with E-state index in [4.69, 9.17) is 15.0 Å². The molecule has 14 aromatic rings. The molecule has 0 aliphatic heterocycles. The van der Waals surface area contributed by atoms with Gasteiger partial charge in [0.15, 0.2) is 0 Å². The summed E-state index contributed by atoms with van der Waals surface area (Å²) in [5.74, 6) is 0.641. The van der Waals surface area contributed by atoms with Gasteiger partial charge in [-0.3, -0.25) is 9.55 Å². The van der Waals surface area contributed by atoms with Crippen LogP contribution in [0.2, 0.25) is 0 Å². The van der Waals surface area contributed by atoms with Crippen molar-refractivity contribution in [1.82, 2.24) is 28.7 Å². The second-order valence-corrected chi connectivity index (χ2v) is 17.7. The van der Waals surface area contributed by atoms with Gasteiger partial charge in [0.2, 0.25) is 5.95 Å². The van der Waals surface area contributed by atoms with Crippen molar-refractivity contribution < 1.29 is 0 Å². The summed E-state index contributed by atoms with van der Waals surface area (Å²) in [7, 11) is 0. The Morgan fingerprint density at radius 2 is 0.681 bits per heavy atom. The number of fused-ring (bicyclic) bond motifs is 9. The SMILES string of the molecule is c1ccc(-c2cc(-c3ccccc3)nc(-n3c4ccccc4c4cc(-c5ccc6c(c5)c5ccccc5n6-c5ccc(-c6ccc7c(c6)c6ncccc6n7-c6ccccc6)cc5)ccc43)n2)cc1. The molecule has 6 heteroatoms. The van der Waals surface area contributed by atoms with Crippen LogP contribution in [0, 0.1) is 0 Å². The first-order chi connectivity index (χ1) is 34.2. The van der Waals surface area contributed by atoms with E-state index >= 15 is 0 Å². The minimum Gasteiger partial charge on any atom is -0.309 e. The fourth-order valence-corrected chi connectivity index (χ4v) is 10.5. The highest BCUT2D eigenvalue weighted by Gasteiger charge is 2.20. The first-order valence-corrected chi connectivity index (χ1v) is 23.3. The maximum atomic E-state index is 5.24. The molecule has 0 aliphatic rings. The van der Waals surface area contributed by atoms with E-state index < -0.39 is 0 Å². The van der Waals surface area contributed by atoms with Crippen molar-refractivity contribution in [2.75, 3.05) is 0 Å². The molecule has 14 rings (SSSR count). The van der Waals surface area contributed by atoms with Crippen LogP contribution in [0.25, 0.3) is 128 Å². The van der Waals surface area contributed by atoms with Crippen molar-refractivity contribution in [3.63, 3.8) is 0 Å². The zero-order chi connectivity index (χ0) is 45.4. The highest BCUT2D eigenvalue weighted by molar-refractivity contribution is 6.13. The van der Waals surface area contributed by atoms with Gasteiger partial charge in [-0.2, -0.15) is 0 Å². The molecule has 0 amide bonds. The smallest absolute Gasteiger partial charge is 0.235 e. The number of para-hydroxylation sites is 3. The summed E-state index contributed by atoms with van der Waals surface area (Å²) in [4.78, 5) is 15.3. The zero-order valence-electron chi connectivity index (χ0n) is 37.3. The van der Waals surface area contributed by atoms with E-state index in [0.717, 1.165) is 105 Å². The summed E-state index contributed by atoms with van der Waals surface area (Å²) in [6, 6.07) is 84.3. The van der Waals surface area contributed by atoms with E-state index in [-0.39, 0.29) is 0 Å². The third-order valence-corrected chi connectivity index (χ3v) is 13.7. The molecule has 0 fully saturated rings. The molecular formula is C63H40N6. The van der Waals surface area contributed by atoms with Crippen LogP contribution < -0.4 is 0 Å². The zero-order valence-corrected chi connectivity index (χ0v) is 37.3. The van der Waals surface area contributed by atoms with Crippen molar-refractivity contribution in [3.05, 3.63) is 243 Å². The minimum atomic E-state index is 0.641. The van der Waals surface area contributed by atoms with Crippen molar-refractivity contribution in [2.45, 2.75) is 0 Å². The lowest BCUT2D eigenvalue weighted by Gasteiger charge is -2.12. The van der Waals surface area contributed by atoms with Crippen LogP contribution in [-0.2, 0) is 0 Å². The topological polar surface area (TPSA) is 53.5 Å². The van der Waals surface area contributed by atoms with Crippen LogP contribution in [0.3, 0.4) is 0 Å². The van der Waals surface area contributed by atoms with Gasteiger partial charge in [-0.25, -0.2) is 9.97 Å². The molecule has 5 aromatic heterocycles. The normalized spacial score (nSPS) is 11.8. The Bertz CT molecular complexity index is 4220. The van der Waals surface area contributed by atoms with Crippen molar-refractivity contribution in [2.24, 2.45) is 0 Å². The van der Waals surface area contributed by atoms with Crippen molar-refractivity contribution in [1.29, 1.82) is 0 Å². The van der Waals surface area contributed by atoms with Gasteiger partial charge in [-0.05, 0) is 113 Å². The fraction of sp³-hybridized carbons (Fsp3) is 0. The number of hydrogen-bond donors (Lipinski definition) is 0. The third-order valence-electron chi connectivity index (χ3n) is 13.7. The van der Waals surface area contributed by atoms with Gasteiger partial charge >= 0.3 is 0 Å². The fourth-order valence-electron chi connectivity index (χ4n) is 10.5. The maximum absolute atomic E-state index is 5.24. The molecule has 0 spiro atoms. The number of rotatable bonds is 7. The molecule has 0 radical (unpaired) electrons. The Hall–Kier alpha value is -9.39. The maximum Gasteiger partial charge on any atom is 0.235 e. The summed E-state index contributed by atoms with van der Waals surface area (Å²) in [5.41, 5.74) is 18.4. The van der Waals surface area contributed by atoms with E-state index in [1.807, 2.05) is 24.4 Å². The molecule has 5 heterocycles. The average Bonchev–Trinajstić information content (AvgIpc) is 4.06. The summed E-state index contributed by atoms with van der Waals surface area (Å²) >= 11 is 0. The van der Waals surface area contributed by atoms with Gasteiger partial charge in [0.25, 0.3) is 0 Å². The highest BCUT2D eigenvalue weighted by Crippen LogP contribution is 2.40. The van der Waals surface area contributed by atoms with Gasteiger partial charge in [0, 0.05) is 55.6 Å². The Labute approximate surface area is 397 Å². The van der Waals surface area contributed by atoms with E-state index in [9.17, 15) is 0 Å². The average molecular weight is 881 g/mol. The molecule has 0 N–H and O–H groups in total. The van der Waals surface area contributed by atoms with Gasteiger partial charge in [0.1, 0.15) is 0 Å². The molecule has 0 atom stereocenters. The van der Waals surface area contributed by atoms with E-state index in [2.05, 4.69) is 232 Å². The number of benzene rings is 9. The molecule has 6 nitrogen and oxygen atoms in total. The largest absolute Gasteiger partial charge is 0.309 e.